The van der Waals surface area contributed by atoms with Crippen LogP contribution >= 0.6 is 0 Å². The van der Waals surface area contributed by atoms with E-state index in [4.69, 9.17) is 5.26 Å². The molecule has 0 aliphatic heterocycles. The molecule has 0 aromatic rings. The highest BCUT2D eigenvalue weighted by atomic mass is 32.2. The highest BCUT2D eigenvalue weighted by Gasteiger charge is 2.08. The van der Waals surface area contributed by atoms with E-state index in [2.05, 4.69) is 17.7 Å². The van der Waals surface area contributed by atoms with Crippen LogP contribution < -0.4 is 4.72 Å². The van der Waals surface area contributed by atoms with Gasteiger partial charge in [-0.05, 0) is 19.3 Å². The molecule has 0 rings (SSSR count). The molecule has 0 saturated heterocycles. The Labute approximate surface area is 118 Å². The molecular formula is C14H28N2O2S. The maximum absolute atomic E-state index is 11.6. The Morgan fingerprint density at radius 3 is 2.26 bits per heavy atom. The number of hydrogen-bond acceptors (Lipinski definition) is 3. The van der Waals surface area contributed by atoms with Gasteiger partial charge >= 0.3 is 0 Å². The van der Waals surface area contributed by atoms with Crippen molar-refractivity contribution in [2.75, 3.05) is 12.3 Å². The molecule has 0 bridgehead atoms. The third-order valence-electron chi connectivity index (χ3n) is 3.05. The second-order valence-electron chi connectivity index (χ2n) is 4.95. The Morgan fingerprint density at radius 2 is 1.58 bits per heavy atom. The fraction of sp³-hybridized carbons (Fsp3) is 0.929. The molecule has 0 aromatic heterocycles. The molecule has 0 heterocycles. The second kappa shape index (κ2) is 12.4. The van der Waals surface area contributed by atoms with Crippen molar-refractivity contribution in [3.8, 4) is 6.07 Å². The Kier molecular flexibility index (Phi) is 12.0. The minimum Gasteiger partial charge on any atom is -0.215 e. The Morgan fingerprint density at radius 1 is 0.947 bits per heavy atom. The SMILES string of the molecule is CCCCCCCCS(=O)(=O)NCCCCCC#N. The van der Waals surface area contributed by atoms with Gasteiger partial charge in [0.15, 0.2) is 0 Å². The van der Waals surface area contributed by atoms with Gasteiger partial charge in [-0.2, -0.15) is 5.26 Å². The number of unbranched alkanes of at least 4 members (excludes halogenated alkanes) is 8. The van der Waals surface area contributed by atoms with Gasteiger partial charge in [0.05, 0.1) is 11.8 Å². The van der Waals surface area contributed by atoms with E-state index in [1.54, 1.807) is 0 Å². The molecular weight excluding hydrogens is 260 g/mol. The minimum absolute atomic E-state index is 0.247. The lowest BCUT2D eigenvalue weighted by molar-refractivity contribution is 0.565. The molecule has 0 radical (unpaired) electrons. The third-order valence-corrected chi connectivity index (χ3v) is 4.52. The van der Waals surface area contributed by atoms with E-state index in [0.29, 0.717) is 13.0 Å². The van der Waals surface area contributed by atoms with Crippen LogP contribution in [0.4, 0.5) is 0 Å². The maximum Gasteiger partial charge on any atom is 0.211 e. The summed E-state index contributed by atoms with van der Waals surface area (Å²) >= 11 is 0. The Hall–Kier alpha value is -0.600. The van der Waals surface area contributed by atoms with Crippen LogP contribution in [0.1, 0.15) is 71.1 Å². The first-order valence-electron chi connectivity index (χ1n) is 7.46. The molecule has 0 fully saturated rings. The van der Waals surface area contributed by atoms with Crippen LogP contribution in [0.2, 0.25) is 0 Å². The number of nitrogens with zero attached hydrogens (tertiary/aromatic N) is 1. The molecule has 0 unspecified atom stereocenters. The first-order valence-corrected chi connectivity index (χ1v) is 9.12. The average Bonchev–Trinajstić information content (AvgIpc) is 2.38. The van der Waals surface area contributed by atoms with Crippen molar-refractivity contribution in [2.24, 2.45) is 0 Å². The molecule has 112 valence electrons. The Balaban J connectivity index is 3.45. The minimum atomic E-state index is -3.08. The largest absolute Gasteiger partial charge is 0.215 e. The summed E-state index contributed by atoms with van der Waals surface area (Å²) in [5, 5.41) is 8.36. The lowest BCUT2D eigenvalue weighted by atomic mass is 10.1. The molecule has 4 nitrogen and oxygen atoms in total. The maximum atomic E-state index is 11.6. The number of sulfonamides is 1. The first kappa shape index (κ1) is 18.4. The van der Waals surface area contributed by atoms with Gasteiger partial charge < -0.3 is 0 Å². The molecule has 19 heavy (non-hydrogen) atoms. The second-order valence-corrected chi connectivity index (χ2v) is 6.88. The van der Waals surface area contributed by atoms with Crippen molar-refractivity contribution in [3.63, 3.8) is 0 Å². The van der Waals surface area contributed by atoms with Crippen molar-refractivity contribution >= 4 is 10.0 Å². The lowest BCUT2D eigenvalue weighted by Gasteiger charge is -2.06. The predicted molar refractivity (Wildman–Crippen MR) is 79.2 cm³/mol. The lowest BCUT2D eigenvalue weighted by Crippen LogP contribution is -2.27. The van der Waals surface area contributed by atoms with E-state index in [9.17, 15) is 8.42 Å². The van der Waals surface area contributed by atoms with Crippen LogP contribution in [0.15, 0.2) is 0 Å². The molecule has 0 aliphatic carbocycles. The topological polar surface area (TPSA) is 70.0 Å². The van der Waals surface area contributed by atoms with E-state index in [0.717, 1.165) is 38.5 Å². The normalized spacial score (nSPS) is 11.4. The molecule has 0 spiro atoms. The molecule has 0 atom stereocenters. The summed E-state index contributed by atoms with van der Waals surface area (Å²) in [6.07, 6.45) is 9.71. The smallest absolute Gasteiger partial charge is 0.211 e. The average molecular weight is 288 g/mol. The van der Waals surface area contributed by atoms with E-state index in [-0.39, 0.29) is 5.75 Å². The summed E-state index contributed by atoms with van der Waals surface area (Å²) in [4.78, 5) is 0. The molecule has 0 amide bonds. The van der Waals surface area contributed by atoms with Crippen LogP contribution in [0.3, 0.4) is 0 Å². The van der Waals surface area contributed by atoms with Gasteiger partial charge in [-0.15, -0.1) is 0 Å². The predicted octanol–water partition coefficient (Wildman–Crippen LogP) is 3.35. The van der Waals surface area contributed by atoms with Crippen molar-refractivity contribution < 1.29 is 8.42 Å². The number of nitriles is 1. The van der Waals surface area contributed by atoms with E-state index in [1.807, 2.05) is 0 Å². The summed E-state index contributed by atoms with van der Waals surface area (Å²) in [6, 6.07) is 2.08. The van der Waals surface area contributed by atoms with Gasteiger partial charge in [-0.1, -0.05) is 45.4 Å². The van der Waals surface area contributed by atoms with Crippen molar-refractivity contribution in [2.45, 2.75) is 71.1 Å². The summed E-state index contributed by atoms with van der Waals surface area (Å²) in [5.41, 5.74) is 0. The van der Waals surface area contributed by atoms with Crippen molar-refractivity contribution in [1.29, 1.82) is 5.26 Å². The first-order chi connectivity index (χ1) is 9.12. The summed E-state index contributed by atoms with van der Waals surface area (Å²) < 4.78 is 25.9. The van der Waals surface area contributed by atoms with Gasteiger partial charge in [-0.25, -0.2) is 13.1 Å². The zero-order chi connectivity index (χ0) is 14.4. The monoisotopic (exact) mass is 288 g/mol. The van der Waals surface area contributed by atoms with Crippen LogP contribution in [0.25, 0.3) is 0 Å². The number of nitrogens with one attached hydrogen (secondary N) is 1. The third kappa shape index (κ3) is 13.6. The standard InChI is InChI=1S/C14H28N2O2S/c1-2-3-4-5-8-11-14-19(17,18)16-13-10-7-6-9-12-15/h16H,2-11,13-14H2,1H3. The van der Waals surface area contributed by atoms with Gasteiger partial charge in [-0.3, -0.25) is 0 Å². The van der Waals surface area contributed by atoms with E-state index >= 15 is 0 Å². The number of hydrogen-bond donors (Lipinski definition) is 1. The van der Waals surface area contributed by atoms with E-state index in [1.165, 1.54) is 19.3 Å². The molecule has 0 aliphatic rings. The van der Waals surface area contributed by atoms with E-state index < -0.39 is 10.0 Å². The summed E-state index contributed by atoms with van der Waals surface area (Å²) in [6.45, 7) is 2.68. The molecule has 5 heteroatoms. The van der Waals surface area contributed by atoms with Gasteiger partial charge in [0, 0.05) is 13.0 Å². The van der Waals surface area contributed by atoms with Crippen molar-refractivity contribution in [1.82, 2.24) is 4.72 Å². The zero-order valence-electron chi connectivity index (χ0n) is 12.2. The van der Waals surface area contributed by atoms with Crippen LogP contribution in [-0.4, -0.2) is 20.7 Å². The molecule has 0 aromatic carbocycles. The number of rotatable bonds is 13. The van der Waals surface area contributed by atoms with Gasteiger partial charge in [0.1, 0.15) is 0 Å². The van der Waals surface area contributed by atoms with Crippen LogP contribution in [-0.2, 0) is 10.0 Å². The highest BCUT2D eigenvalue weighted by Crippen LogP contribution is 2.06. The van der Waals surface area contributed by atoms with Gasteiger partial charge in [0.25, 0.3) is 0 Å². The highest BCUT2D eigenvalue weighted by molar-refractivity contribution is 7.89. The summed E-state index contributed by atoms with van der Waals surface area (Å²) in [7, 11) is -3.08. The summed E-state index contributed by atoms with van der Waals surface area (Å²) in [5.74, 6) is 0.247. The van der Waals surface area contributed by atoms with Crippen LogP contribution in [0.5, 0.6) is 0 Å². The van der Waals surface area contributed by atoms with Crippen molar-refractivity contribution in [3.05, 3.63) is 0 Å². The van der Waals surface area contributed by atoms with Gasteiger partial charge in [0.2, 0.25) is 10.0 Å². The zero-order valence-corrected chi connectivity index (χ0v) is 13.0. The quantitative estimate of drug-likeness (QED) is 0.528. The Bertz CT molecular complexity index is 334. The fourth-order valence-electron chi connectivity index (χ4n) is 1.88. The van der Waals surface area contributed by atoms with Crippen LogP contribution in [0, 0.1) is 11.3 Å². The fourth-order valence-corrected chi connectivity index (χ4v) is 3.06. The molecule has 0 saturated carbocycles. The molecule has 1 N–H and O–H groups in total.